The molecule has 1 aromatic carbocycles. The third kappa shape index (κ3) is 1.38. The second kappa shape index (κ2) is 3.33. The summed E-state index contributed by atoms with van der Waals surface area (Å²) in [5.74, 6) is -0.0728. The van der Waals surface area contributed by atoms with Crippen molar-refractivity contribution in [3.63, 3.8) is 0 Å². The van der Waals surface area contributed by atoms with Gasteiger partial charge in [-0.1, -0.05) is 18.2 Å². The zero-order valence-electron chi connectivity index (χ0n) is 8.80. The van der Waals surface area contributed by atoms with Gasteiger partial charge in [-0.3, -0.25) is 14.6 Å². The average Bonchev–Trinajstić information content (AvgIpc) is 3.07. The van der Waals surface area contributed by atoms with E-state index in [9.17, 15) is 9.59 Å². The quantitative estimate of drug-likeness (QED) is 0.705. The number of hydrogen-bond donors (Lipinski definition) is 0. The zero-order chi connectivity index (χ0) is 11.1. The van der Waals surface area contributed by atoms with Crippen molar-refractivity contribution >= 4 is 17.6 Å². The van der Waals surface area contributed by atoms with Gasteiger partial charge in [-0.25, -0.2) is 4.79 Å². The van der Waals surface area contributed by atoms with Crippen LogP contribution in [0.2, 0.25) is 0 Å². The monoisotopic (exact) mass is 216 g/mol. The summed E-state index contributed by atoms with van der Waals surface area (Å²) in [5.41, 5.74) is 0.795. The van der Waals surface area contributed by atoms with Gasteiger partial charge in [-0.15, -0.1) is 0 Å². The fourth-order valence-electron chi connectivity index (χ4n) is 2.02. The van der Waals surface area contributed by atoms with Crippen LogP contribution in [0.25, 0.3) is 0 Å². The second-order valence-corrected chi connectivity index (χ2v) is 4.20. The first-order valence-corrected chi connectivity index (χ1v) is 5.46. The number of urea groups is 1. The van der Waals surface area contributed by atoms with E-state index in [0.29, 0.717) is 0 Å². The summed E-state index contributed by atoms with van der Waals surface area (Å²) < 4.78 is 0. The lowest BCUT2D eigenvalue weighted by atomic mass is 10.3. The molecule has 1 saturated carbocycles. The van der Waals surface area contributed by atoms with Crippen LogP contribution in [0.3, 0.4) is 0 Å². The molecular formula is C12H12N2O2. The van der Waals surface area contributed by atoms with Gasteiger partial charge >= 0.3 is 6.03 Å². The Morgan fingerprint density at radius 1 is 1.06 bits per heavy atom. The van der Waals surface area contributed by atoms with Crippen molar-refractivity contribution < 1.29 is 9.59 Å². The van der Waals surface area contributed by atoms with Gasteiger partial charge < -0.3 is 0 Å². The molecule has 1 aromatic rings. The molecule has 16 heavy (non-hydrogen) atoms. The van der Waals surface area contributed by atoms with Crippen LogP contribution in [0, 0.1) is 0 Å². The second-order valence-electron chi connectivity index (χ2n) is 4.20. The summed E-state index contributed by atoms with van der Waals surface area (Å²) in [7, 11) is 0. The van der Waals surface area contributed by atoms with Gasteiger partial charge in [0.2, 0.25) is 0 Å². The number of anilines is 1. The highest BCUT2D eigenvalue weighted by molar-refractivity contribution is 6.12. The Bertz CT molecular complexity index is 440. The predicted octanol–water partition coefficient (Wildman–Crippen LogP) is 1.62. The van der Waals surface area contributed by atoms with Crippen LogP contribution in [0.1, 0.15) is 12.8 Å². The molecule has 0 spiro atoms. The van der Waals surface area contributed by atoms with E-state index in [1.807, 2.05) is 30.3 Å². The number of benzene rings is 1. The van der Waals surface area contributed by atoms with Crippen molar-refractivity contribution in [2.45, 2.75) is 18.9 Å². The molecule has 1 saturated heterocycles. The van der Waals surface area contributed by atoms with Gasteiger partial charge in [0, 0.05) is 11.7 Å². The number of nitrogens with zero attached hydrogens (tertiary/aromatic N) is 2. The van der Waals surface area contributed by atoms with E-state index in [-0.39, 0.29) is 24.5 Å². The van der Waals surface area contributed by atoms with Gasteiger partial charge in [-0.05, 0) is 25.0 Å². The number of carbonyl (C=O) groups is 2. The molecule has 4 heteroatoms. The maximum Gasteiger partial charge on any atom is 0.331 e. The molecule has 0 aromatic heterocycles. The fourth-order valence-corrected chi connectivity index (χ4v) is 2.02. The Morgan fingerprint density at radius 2 is 1.75 bits per heavy atom. The highest BCUT2D eigenvalue weighted by atomic mass is 16.2. The number of para-hydroxylation sites is 1. The van der Waals surface area contributed by atoms with E-state index in [4.69, 9.17) is 0 Å². The molecule has 0 bridgehead atoms. The van der Waals surface area contributed by atoms with Crippen molar-refractivity contribution in [2.75, 3.05) is 11.4 Å². The Balaban J connectivity index is 1.88. The Labute approximate surface area is 93.5 Å². The van der Waals surface area contributed by atoms with Crippen molar-refractivity contribution in [3.05, 3.63) is 30.3 Å². The number of rotatable bonds is 2. The van der Waals surface area contributed by atoms with E-state index in [1.165, 1.54) is 4.90 Å². The first kappa shape index (κ1) is 9.39. The van der Waals surface area contributed by atoms with Crippen LogP contribution in [0.15, 0.2) is 30.3 Å². The van der Waals surface area contributed by atoms with Crippen LogP contribution in [0.4, 0.5) is 10.5 Å². The maximum absolute atomic E-state index is 12.0. The number of amides is 3. The lowest BCUT2D eigenvalue weighted by Crippen LogP contribution is -2.34. The molecule has 4 nitrogen and oxygen atoms in total. The summed E-state index contributed by atoms with van der Waals surface area (Å²) in [6, 6.07) is 9.32. The summed E-state index contributed by atoms with van der Waals surface area (Å²) in [5, 5.41) is 0. The van der Waals surface area contributed by atoms with Crippen LogP contribution >= 0.6 is 0 Å². The smallest absolute Gasteiger partial charge is 0.285 e. The zero-order valence-corrected chi connectivity index (χ0v) is 8.80. The lowest BCUT2D eigenvalue weighted by molar-refractivity contribution is -0.125. The minimum atomic E-state index is -0.168. The molecule has 2 fully saturated rings. The Hall–Kier alpha value is -1.84. The molecule has 0 unspecified atom stereocenters. The molecule has 1 aliphatic heterocycles. The minimum absolute atomic E-state index is 0.0728. The Morgan fingerprint density at radius 3 is 2.38 bits per heavy atom. The minimum Gasteiger partial charge on any atom is -0.285 e. The molecule has 82 valence electrons. The van der Waals surface area contributed by atoms with E-state index in [0.717, 1.165) is 18.5 Å². The number of imide groups is 1. The summed E-state index contributed by atoms with van der Waals surface area (Å²) in [4.78, 5) is 26.7. The van der Waals surface area contributed by atoms with Gasteiger partial charge in [0.05, 0.1) is 0 Å². The topological polar surface area (TPSA) is 40.6 Å². The van der Waals surface area contributed by atoms with E-state index < -0.39 is 0 Å². The van der Waals surface area contributed by atoms with Gasteiger partial charge in [0.15, 0.2) is 0 Å². The highest BCUT2D eigenvalue weighted by Gasteiger charge is 2.45. The van der Waals surface area contributed by atoms with Crippen molar-refractivity contribution in [1.82, 2.24) is 4.90 Å². The molecular weight excluding hydrogens is 204 g/mol. The van der Waals surface area contributed by atoms with E-state index in [2.05, 4.69) is 0 Å². The maximum atomic E-state index is 12.0. The molecule has 0 radical (unpaired) electrons. The van der Waals surface area contributed by atoms with Gasteiger partial charge in [0.1, 0.15) is 6.54 Å². The lowest BCUT2D eigenvalue weighted by Gasteiger charge is -2.16. The third-order valence-electron chi connectivity index (χ3n) is 2.98. The van der Waals surface area contributed by atoms with Gasteiger partial charge in [0.25, 0.3) is 5.91 Å². The summed E-state index contributed by atoms with van der Waals surface area (Å²) in [6.07, 6.45) is 1.92. The molecule has 1 aliphatic carbocycles. The van der Waals surface area contributed by atoms with Crippen LogP contribution in [-0.4, -0.2) is 29.4 Å². The van der Waals surface area contributed by atoms with Gasteiger partial charge in [-0.2, -0.15) is 0 Å². The molecule has 3 rings (SSSR count). The predicted molar refractivity (Wildman–Crippen MR) is 59.1 cm³/mol. The van der Waals surface area contributed by atoms with E-state index >= 15 is 0 Å². The standard InChI is InChI=1S/C12H12N2O2/c15-11-8-13(9-4-2-1-3-5-9)12(16)14(11)10-6-7-10/h1-5,10H,6-8H2. The summed E-state index contributed by atoms with van der Waals surface area (Å²) in [6.45, 7) is 0.180. The van der Waals surface area contributed by atoms with Crippen molar-refractivity contribution in [1.29, 1.82) is 0 Å². The largest absolute Gasteiger partial charge is 0.331 e. The SMILES string of the molecule is O=C1CN(c2ccccc2)C(=O)N1C1CC1. The van der Waals surface area contributed by atoms with Crippen LogP contribution in [-0.2, 0) is 4.79 Å². The normalized spacial score (nSPS) is 20.8. The molecule has 3 amide bonds. The van der Waals surface area contributed by atoms with Crippen LogP contribution < -0.4 is 4.90 Å². The fraction of sp³-hybridized carbons (Fsp3) is 0.333. The van der Waals surface area contributed by atoms with E-state index in [1.54, 1.807) is 4.90 Å². The Kier molecular flexibility index (Phi) is 1.96. The first-order chi connectivity index (χ1) is 7.77. The molecule has 1 heterocycles. The molecule has 0 atom stereocenters. The van der Waals surface area contributed by atoms with Crippen LogP contribution in [0.5, 0.6) is 0 Å². The highest BCUT2D eigenvalue weighted by Crippen LogP contribution is 2.32. The average molecular weight is 216 g/mol. The van der Waals surface area contributed by atoms with Crippen molar-refractivity contribution in [3.8, 4) is 0 Å². The molecule has 0 N–H and O–H groups in total. The first-order valence-electron chi connectivity index (χ1n) is 5.46. The number of carbonyl (C=O) groups excluding carboxylic acids is 2. The summed E-state index contributed by atoms with van der Waals surface area (Å²) >= 11 is 0. The number of hydrogen-bond acceptors (Lipinski definition) is 2. The third-order valence-corrected chi connectivity index (χ3v) is 2.98. The van der Waals surface area contributed by atoms with Crippen molar-refractivity contribution in [2.24, 2.45) is 0 Å². The molecule has 2 aliphatic rings.